The predicted octanol–water partition coefficient (Wildman–Crippen LogP) is 5.93. The van der Waals surface area contributed by atoms with E-state index in [1.165, 1.54) is 12.1 Å². The molecule has 0 saturated carbocycles. The average molecular weight is 403 g/mol. The average Bonchev–Trinajstić information content (AvgIpc) is 2.69. The molecule has 0 N–H and O–H groups in total. The molecule has 0 spiro atoms. The first-order valence-electron chi connectivity index (χ1n) is 4.53. The van der Waals surface area contributed by atoms with Gasteiger partial charge in [-0.25, -0.2) is 4.39 Å². The van der Waals surface area contributed by atoms with E-state index >= 15 is 0 Å². The highest BCUT2D eigenvalue weighted by Crippen LogP contribution is 2.36. The number of hydrogen-bond acceptors (Lipinski definition) is 1. The fraction of sp³-hybridized carbons (Fsp3) is 0.0909. The summed E-state index contributed by atoms with van der Waals surface area (Å²) in [6.45, 7) is 0. The minimum atomic E-state index is -0.716. The molecule has 2 rings (SSSR count). The van der Waals surface area contributed by atoms with Gasteiger partial charge in [-0.3, -0.25) is 0 Å². The summed E-state index contributed by atoms with van der Waals surface area (Å²) in [5, 5.41) is -0.315. The maximum atomic E-state index is 13.7. The Hall–Kier alpha value is -0.0300. The van der Waals surface area contributed by atoms with Gasteiger partial charge in [0.15, 0.2) is 4.67 Å². The normalized spacial score (nSPS) is 12.8. The highest BCUT2D eigenvalue weighted by molar-refractivity contribution is 9.10. The van der Waals surface area contributed by atoms with Crippen molar-refractivity contribution in [1.29, 1.82) is 0 Å². The van der Waals surface area contributed by atoms with Crippen molar-refractivity contribution in [2.24, 2.45) is 0 Å². The third-order valence-corrected chi connectivity index (χ3v) is 4.23. The van der Waals surface area contributed by atoms with Crippen LogP contribution in [0.3, 0.4) is 0 Å². The van der Waals surface area contributed by atoms with E-state index in [1.807, 2.05) is 0 Å². The lowest BCUT2D eigenvalue weighted by molar-refractivity contribution is 0.489. The van der Waals surface area contributed by atoms with Gasteiger partial charge in [-0.2, -0.15) is 0 Å². The molecule has 0 aliphatic heterocycles. The Kier molecular flexibility index (Phi) is 4.18. The van der Waals surface area contributed by atoms with Crippen LogP contribution in [0.5, 0.6) is 0 Å². The Morgan fingerprint density at radius 2 is 1.94 bits per heavy atom. The molecule has 1 heterocycles. The molecule has 17 heavy (non-hydrogen) atoms. The molecule has 0 amide bonds. The Morgan fingerprint density at radius 1 is 1.24 bits per heavy atom. The maximum Gasteiger partial charge on any atom is 0.169 e. The Bertz CT molecular complexity index is 556. The van der Waals surface area contributed by atoms with Crippen molar-refractivity contribution >= 4 is 55.1 Å². The molecule has 2 aromatic rings. The summed E-state index contributed by atoms with van der Waals surface area (Å²) in [7, 11) is 0. The standard InChI is InChI=1S/C11H5Br2Cl2FO/c12-6-4-8(16)5(3-7(6)14)11(15)9-1-2-10(13)17-9/h1-4,11H. The molecule has 1 nitrogen and oxygen atoms in total. The van der Waals surface area contributed by atoms with E-state index in [0.717, 1.165) is 0 Å². The van der Waals surface area contributed by atoms with E-state index in [2.05, 4.69) is 31.9 Å². The summed E-state index contributed by atoms with van der Waals surface area (Å²) in [5.41, 5.74) is 0.279. The smallest absolute Gasteiger partial charge is 0.169 e. The molecule has 1 atom stereocenters. The van der Waals surface area contributed by atoms with Gasteiger partial charge >= 0.3 is 0 Å². The topological polar surface area (TPSA) is 13.1 Å². The van der Waals surface area contributed by atoms with Crippen LogP contribution in [0.25, 0.3) is 0 Å². The van der Waals surface area contributed by atoms with Crippen molar-refractivity contribution in [3.63, 3.8) is 0 Å². The quantitative estimate of drug-likeness (QED) is 0.448. The monoisotopic (exact) mass is 400 g/mol. The highest BCUT2D eigenvalue weighted by Gasteiger charge is 2.20. The van der Waals surface area contributed by atoms with Gasteiger partial charge in [0.05, 0.1) is 5.02 Å². The predicted molar refractivity (Wildman–Crippen MR) is 73.2 cm³/mol. The van der Waals surface area contributed by atoms with Crippen LogP contribution in [0.4, 0.5) is 4.39 Å². The molecule has 1 aromatic carbocycles. The highest BCUT2D eigenvalue weighted by atomic mass is 79.9. The van der Waals surface area contributed by atoms with Gasteiger partial charge in [0.2, 0.25) is 0 Å². The molecule has 0 aliphatic carbocycles. The van der Waals surface area contributed by atoms with E-state index in [1.54, 1.807) is 12.1 Å². The molecule has 0 fully saturated rings. The third kappa shape index (κ3) is 2.87. The summed E-state index contributed by atoms with van der Waals surface area (Å²) in [6.07, 6.45) is 0. The summed E-state index contributed by atoms with van der Waals surface area (Å²) < 4.78 is 20.1. The zero-order valence-electron chi connectivity index (χ0n) is 8.18. The summed E-state index contributed by atoms with van der Waals surface area (Å²) in [6, 6.07) is 6.14. The van der Waals surface area contributed by atoms with E-state index < -0.39 is 11.2 Å². The fourth-order valence-electron chi connectivity index (χ4n) is 1.35. The number of hydrogen-bond donors (Lipinski definition) is 0. The van der Waals surface area contributed by atoms with Crippen LogP contribution in [-0.2, 0) is 0 Å². The number of alkyl halides is 1. The molecule has 6 heteroatoms. The van der Waals surface area contributed by atoms with Crippen molar-refractivity contribution in [3.8, 4) is 0 Å². The number of rotatable bonds is 2. The third-order valence-electron chi connectivity index (χ3n) is 2.16. The number of halogens is 5. The summed E-state index contributed by atoms with van der Waals surface area (Å²) >= 11 is 18.4. The van der Waals surface area contributed by atoms with Gasteiger partial charge < -0.3 is 4.42 Å². The first-order valence-corrected chi connectivity index (χ1v) is 6.93. The van der Waals surface area contributed by atoms with Crippen LogP contribution in [0.2, 0.25) is 5.02 Å². The van der Waals surface area contributed by atoms with Crippen molar-refractivity contribution in [1.82, 2.24) is 0 Å². The molecule has 1 unspecified atom stereocenters. The molecular formula is C11H5Br2Cl2FO. The molecular weight excluding hydrogens is 398 g/mol. The second-order valence-electron chi connectivity index (χ2n) is 3.29. The van der Waals surface area contributed by atoms with Crippen molar-refractivity contribution in [2.45, 2.75) is 5.38 Å². The Balaban J connectivity index is 2.43. The van der Waals surface area contributed by atoms with Gasteiger partial charge in [0.1, 0.15) is 17.0 Å². The maximum absolute atomic E-state index is 13.7. The second kappa shape index (κ2) is 5.31. The molecule has 0 aliphatic rings. The van der Waals surface area contributed by atoms with E-state index in [9.17, 15) is 4.39 Å². The molecule has 1 aromatic heterocycles. The van der Waals surface area contributed by atoms with E-state index in [4.69, 9.17) is 27.6 Å². The molecule has 0 saturated heterocycles. The molecule has 0 bridgehead atoms. The van der Waals surface area contributed by atoms with Gasteiger partial charge in [0, 0.05) is 10.0 Å². The van der Waals surface area contributed by atoms with Gasteiger partial charge in [0.25, 0.3) is 0 Å². The zero-order valence-corrected chi connectivity index (χ0v) is 12.9. The lowest BCUT2D eigenvalue weighted by atomic mass is 10.1. The molecule has 0 radical (unpaired) electrons. The van der Waals surface area contributed by atoms with Crippen LogP contribution in [0.1, 0.15) is 16.7 Å². The number of benzene rings is 1. The molecule has 90 valence electrons. The van der Waals surface area contributed by atoms with Crippen molar-refractivity contribution in [3.05, 3.63) is 55.6 Å². The van der Waals surface area contributed by atoms with Crippen LogP contribution in [-0.4, -0.2) is 0 Å². The second-order valence-corrected chi connectivity index (χ2v) is 5.77. The fourth-order valence-corrected chi connectivity index (χ4v) is 2.44. The van der Waals surface area contributed by atoms with Crippen molar-refractivity contribution in [2.75, 3.05) is 0 Å². The van der Waals surface area contributed by atoms with Gasteiger partial charge in [-0.15, -0.1) is 11.6 Å². The first kappa shape index (κ1) is 13.4. The van der Waals surface area contributed by atoms with E-state index in [-0.39, 0.29) is 5.56 Å². The minimum Gasteiger partial charge on any atom is -0.452 e. The lowest BCUT2D eigenvalue weighted by Gasteiger charge is -2.09. The van der Waals surface area contributed by atoms with Crippen molar-refractivity contribution < 1.29 is 8.81 Å². The first-order chi connectivity index (χ1) is 7.99. The number of furan rings is 1. The summed E-state index contributed by atoms with van der Waals surface area (Å²) in [4.78, 5) is 0. The summed E-state index contributed by atoms with van der Waals surface area (Å²) in [5.74, 6) is 0.0182. The van der Waals surface area contributed by atoms with Gasteiger partial charge in [-0.05, 0) is 56.1 Å². The Morgan fingerprint density at radius 3 is 2.53 bits per heavy atom. The Labute approximate surface area is 124 Å². The SMILES string of the molecule is Fc1cc(Br)c(Cl)cc1C(Cl)c1ccc(Br)o1. The van der Waals surface area contributed by atoms with Crippen LogP contribution >= 0.6 is 55.1 Å². The van der Waals surface area contributed by atoms with Gasteiger partial charge in [-0.1, -0.05) is 11.6 Å². The van der Waals surface area contributed by atoms with Crippen LogP contribution in [0, 0.1) is 5.82 Å². The lowest BCUT2D eigenvalue weighted by Crippen LogP contribution is -1.96. The van der Waals surface area contributed by atoms with Crippen LogP contribution < -0.4 is 0 Å². The largest absolute Gasteiger partial charge is 0.452 e. The minimum absolute atomic E-state index is 0.279. The van der Waals surface area contributed by atoms with Crippen LogP contribution in [0.15, 0.2) is 37.8 Å². The van der Waals surface area contributed by atoms with E-state index in [0.29, 0.717) is 19.9 Å². The zero-order chi connectivity index (χ0) is 12.6.